The third-order valence-electron chi connectivity index (χ3n) is 6.62. The molecule has 45 heavy (non-hydrogen) atoms. The molecule has 0 bridgehead atoms. The zero-order valence-electron chi connectivity index (χ0n) is 25.3. The van der Waals surface area contributed by atoms with Gasteiger partial charge in [-0.3, -0.25) is 9.59 Å². The first-order valence-electron chi connectivity index (χ1n) is 14.5. The summed E-state index contributed by atoms with van der Waals surface area (Å²) in [6.45, 7) is 6.35. The van der Waals surface area contributed by atoms with Gasteiger partial charge in [0.05, 0.1) is 17.8 Å². The first-order chi connectivity index (χ1) is 21.7. The maximum Gasteiger partial charge on any atom is 0.262 e. The fourth-order valence-corrected chi connectivity index (χ4v) is 4.82. The molecule has 0 saturated heterocycles. The Balaban J connectivity index is 1.42. The Morgan fingerprint density at radius 3 is 2.33 bits per heavy atom. The lowest BCUT2D eigenvalue weighted by atomic mass is 10.1. The average Bonchev–Trinajstić information content (AvgIpc) is 3.02. The van der Waals surface area contributed by atoms with Crippen LogP contribution in [0, 0.1) is 6.92 Å². The van der Waals surface area contributed by atoms with E-state index in [0.29, 0.717) is 41.0 Å². The number of nitrogens with one attached hydrogen (secondary N) is 2. The Kier molecular flexibility index (Phi) is 12.2. The molecule has 8 nitrogen and oxygen atoms in total. The highest BCUT2D eigenvalue weighted by atomic mass is 35.5. The van der Waals surface area contributed by atoms with Gasteiger partial charge in [-0.1, -0.05) is 83.4 Å². The van der Waals surface area contributed by atoms with Gasteiger partial charge in [0.1, 0.15) is 18.4 Å². The molecule has 0 fully saturated rings. The van der Waals surface area contributed by atoms with Gasteiger partial charge >= 0.3 is 0 Å². The van der Waals surface area contributed by atoms with Crippen molar-refractivity contribution in [1.29, 1.82) is 0 Å². The summed E-state index contributed by atoms with van der Waals surface area (Å²) < 4.78 is 17.5. The summed E-state index contributed by atoms with van der Waals surface area (Å²) in [6, 6.07) is 26.7. The van der Waals surface area contributed by atoms with Crippen LogP contribution in [0.4, 0.5) is 0 Å². The van der Waals surface area contributed by atoms with E-state index in [-0.39, 0.29) is 11.4 Å². The lowest BCUT2D eigenvalue weighted by molar-refractivity contribution is -0.132. The van der Waals surface area contributed by atoms with Gasteiger partial charge in [0, 0.05) is 11.4 Å². The van der Waals surface area contributed by atoms with E-state index >= 15 is 0 Å². The zero-order valence-corrected chi connectivity index (χ0v) is 26.8. The van der Waals surface area contributed by atoms with E-state index in [2.05, 4.69) is 21.9 Å². The summed E-state index contributed by atoms with van der Waals surface area (Å²) in [5, 5.41) is 7.64. The maximum atomic E-state index is 13.3. The van der Waals surface area contributed by atoms with Crippen LogP contribution in [0.1, 0.15) is 36.1 Å². The molecule has 4 aromatic rings. The number of hydrogen-bond donors (Lipinski definition) is 2. The van der Waals surface area contributed by atoms with Crippen LogP contribution < -0.4 is 25.0 Å². The Bertz CT molecular complexity index is 1630. The molecular formula is C35H35Cl2N3O5. The molecular weight excluding hydrogens is 613 g/mol. The minimum atomic E-state index is -0.943. The monoisotopic (exact) mass is 647 g/mol. The van der Waals surface area contributed by atoms with Crippen LogP contribution in [0.15, 0.2) is 96.1 Å². The number of hydrazone groups is 1. The second kappa shape index (κ2) is 16.5. The molecule has 0 spiro atoms. The highest BCUT2D eigenvalue weighted by molar-refractivity contribution is 6.35. The van der Waals surface area contributed by atoms with Crippen molar-refractivity contribution in [3.8, 4) is 17.2 Å². The number of nitrogens with zero attached hydrogens (tertiary/aromatic N) is 1. The summed E-state index contributed by atoms with van der Waals surface area (Å²) >= 11 is 12.2. The third kappa shape index (κ3) is 10.3. The lowest BCUT2D eigenvalue weighted by Gasteiger charge is -2.21. The fourth-order valence-electron chi connectivity index (χ4n) is 4.37. The highest BCUT2D eigenvalue weighted by Gasteiger charge is 2.25. The van der Waals surface area contributed by atoms with E-state index < -0.39 is 24.0 Å². The number of hydrogen-bond acceptors (Lipinski definition) is 6. The molecule has 0 aliphatic carbocycles. The van der Waals surface area contributed by atoms with E-state index in [9.17, 15) is 9.59 Å². The molecule has 0 aliphatic heterocycles. The van der Waals surface area contributed by atoms with Crippen molar-refractivity contribution in [3.63, 3.8) is 0 Å². The number of carbonyl (C=O) groups is 2. The fraction of sp³-hybridized carbons (Fsp3) is 0.229. The van der Waals surface area contributed by atoms with Crippen LogP contribution in [-0.4, -0.2) is 36.8 Å². The quantitative estimate of drug-likeness (QED) is 0.114. The van der Waals surface area contributed by atoms with Crippen molar-refractivity contribution in [2.75, 3.05) is 6.61 Å². The summed E-state index contributed by atoms with van der Waals surface area (Å²) in [5.74, 6) is 0.466. The van der Waals surface area contributed by atoms with Crippen molar-refractivity contribution in [3.05, 3.63) is 123 Å². The third-order valence-corrected chi connectivity index (χ3v) is 7.15. The van der Waals surface area contributed by atoms with Crippen LogP contribution >= 0.6 is 23.2 Å². The average molecular weight is 649 g/mol. The topological polar surface area (TPSA) is 98.2 Å². The van der Waals surface area contributed by atoms with E-state index in [1.165, 1.54) is 12.3 Å². The Labute approximate surface area is 273 Å². The largest absolute Gasteiger partial charge is 0.490 e. The van der Waals surface area contributed by atoms with Crippen molar-refractivity contribution >= 4 is 41.2 Å². The van der Waals surface area contributed by atoms with Gasteiger partial charge in [-0.15, -0.1) is 0 Å². The van der Waals surface area contributed by atoms with Gasteiger partial charge in [-0.2, -0.15) is 5.10 Å². The molecule has 0 radical (unpaired) electrons. The first-order valence-corrected chi connectivity index (χ1v) is 15.2. The number of halogens is 2. The number of carbonyl (C=O) groups excluding carboxylic acids is 2. The summed E-state index contributed by atoms with van der Waals surface area (Å²) in [7, 11) is 0. The van der Waals surface area contributed by atoms with E-state index in [0.717, 1.165) is 16.7 Å². The molecule has 4 aromatic carbocycles. The Morgan fingerprint density at radius 2 is 1.60 bits per heavy atom. The van der Waals surface area contributed by atoms with Gasteiger partial charge < -0.3 is 19.5 Å². The van der Waals surface area contributed by atoms with Gasteiger partial charge in [0.15, 0.2) is 17.6 Å². The Morgan fingerprint density at radius 1 is 0.844 bits per heavy atom. The number of benzene rings is 4. The van der Waals surface area contributed by atoms with Crippen LogP contribution in [0.2, 0.25) is 10.0 Å². The number of amides is 2. The van der Waals surface area contributed by atoms with Crippen molar-refractivity contribution < 1.29 is 23.8 Å². The van der Waals surface area contributed by atoms with Crippen LogP contribution in [0.3, 0.4) is 0 Å². The summed E-state index contributed by atoms with van der Waals surface area (Å²) in [6.07, 6.45) is 0.798. The van der Waals surface area contributed by atoms with Crippen molar-refractivity contribution in [2.45, 2.75) is 45.9 Å². The van der Waals surface area contributed by atoms with Crippen molar-refractivity contribution in [2.24, 2.45) is 5.10 Å². The molecule has 2 N–H and O–H groups in total. The number of rotatable bonds is 14. The second-order valence-electron chi connectivity index (χ2n) is 10.2. The van der Waals surface area contributed by atoms with Crippen LogP contribution in [-0.2, 0) is 22.6 Å². The lowest BCUT2D eigenvalue weighted by Crippen LogP contribution is -2.50. The highest BCUT2D eigenvalue weighted by Crippen LogP contribution is 2.30. The molecule has 0 unspecified atom stereocenters. The molecule has 0 aromatic heterocycles. The summed E-state index contributed by atoms with van der Waals surface area (Å²) in [4.78, 5) is 26.3. The van der Waals surface area contributed by atoms with Crippen LogP contribution in [0.25, 0.3) is 0 Å². The molecule has 0 aliphatic rings. The van der Waals surface area contributed by atoms with Crippen molar-refractivity contribution in [1.82, 2.24) is 10.7 Å². The maximum absolute atomic E-state index is 13.3. The molecule has 0 heterocycles. The smallest absolute Gasteiger partial charge is 0.262 e. The van der Waals surface area contributed by atoms with E-state index in [4.69, 9.17) is 37.4 Å². The predicted molar refractivity (Wildman–Crippen MR) is 177 cm³/mol. The molecule has 2 atom stereocenters. The molecule has 0 saturated carbocycles. The van der Waals surface area contributed by atoms with Gasteiger partial charge in [0.25, 0.3) is 11.8 Å². The second-order valence-corrected chi connectivity index (χ2v) is 11.1. The molecule has 4 rings (SSSR count). The van der Waals surface area contributed by atoms with Gasteiger partial charge in [0.2, 0.25) is 0 Å². The minimum absolute atomic E-state index is 0.240. The normalized spacial score (nSPS) is 12.3. The standard InChI is InChI=1S/C35H35Cl2N3O5/c1-4-43-33-19-26(13-15-32(33)44-22-27-12-8-9-23(2)17-27)21-38-40-35(42)30(18-25-10-6-5-7-11-25)39-34(41)24(3)45-31-16-14-28(36)20-29(31)37/h5-17,19-21,24,30H,4,18,22H2,1-3H3,(H,39,41)(H,40,42)/b38-21-/t24-,30-/m1/s1. The Hall–Kier alpha value is -4.53. The number of aryl methyl sites for hydroxylation is 1. The molecule has 2 amide bonds. The predicted octanol–water partition coefficient (Wildman–Crippen LogP) is 6.92. The number of ether oxygens (including phenoxy) is 3. The zero-order chi connectivity index (χ0) is 32.2. The summed E-state index contributed by atoms with van der Waals surface area (Å²) in [5.41, 5.74) is 6.30. The first kappa shape index (κ1) is 33.4. The van der Waals surface area contributed by atoms with E-state index in [1.807, 2.05) is 68.4 Å². The molecule has 10 heteroatoms. The van der Waals surface area contributed by atoms with Gasteiger partial charge in [-0.25, -0.2) is 5.43 Å². The van der Waals surface area contributed by atoms with Gasteiger partial charge in [-0.05, 0) is 73.9 Å². The SMILES string of the molecule is CCOc1cc(/C=N\NC(=O)[C@@H](Cc2ccccc2)NC(=O)[C@@H](C)Oc2ccc(Cl)cc2Cl)ccc1OCc1cccc(C)c1. The van der Waals surface area contributed by atoms with Crippen LogP contribution in [0.5, 0.6) is 17.2 Å². The molecule has 234 valence electrons. The van der Waals surface area contributed by atoms with E-state index in [1.54, 1.807) is 31.2 Å². The minimum Gasteiger partial charge on any atom is -0.490 e.